The molecule has 9 nitrogen and oxygen atoms in total. The second-order valence-corrected chi connectivity index (χ2v) is 8.78. The zero-order valence-electron chi connectivity index (χ0n) is 13.6. The number of non-ortho nitro benzene ring substituents is 1. The number of carbonyl (C=O) groups excluding carboxylic acids is 1. The van der Waals surface area contributed by atoms with Gasteiger partial charge >= 0.3 is 0 Å². The van der Waals surface area contributed by atoms with E-state index in [-0.39, 0.29) is 5.69 Å². The van der Waals surface area contributed by atoms with Gasteiger partial charge in [-0.25, -0.2) is 8.42 Å². The lowest BCUT2D eigenvalue weighted by molar-refractivity contribution is -0.384. The number of fused-ring (bicyclic) bond motifs is 1. The third-order valence-corrected chi connectivity index (χ3v) is 6.51. The Kier molecular flexibility index (Phi) is 4.47. The molecule has 0 bridgehead atoms. The Morgan fingerprint density at radius 1 is 1.44 bits per heavy atom. The minimum absolute atomic E-state index is 0.0359. The molecule has 1 unspecified atom stereocenters. The highest BCUT2D eigenvalue weighted by Crippen LogP contribution is 2.24. The van der Waals surface area contributed by atoms with Crippen molar-refractivity contribution in [3.05, 3.63) is 33.1 Å². The Hall–Kier alpha value is -2.11. The van der Waals surface area contributed by atoms with Gasteiger partial charge < -0.3 is 4.57 Å². The van der Waals surface area contributed by atoms with Crippen LogP contribution in [0, 0.1) is 10.1 Å². The fraction of sp³-hybridized carbons (Fsp3) is 0.429. The monoisotopic (exact) mass is 384 g/mol. The summed E-state index contributed by atoms with van der Waals surface area (Å²) in [6.07, 6.45) is 2.14. The summed E-state index contributed by atoms with van der Waals surface area (Å²) in [5, 5.41) is 10.9. The van der Waals surface area contributed by atoms with Crippen molar-refractivity contribution in [1.82, 2.24) is 8.87 Å². The van der Waals surface area contributed by atoms with Crippen molar-refractivity contribution in [2.75, 3.05) is 12.8 Å². The van der Waals surface area contributed by atoms with E-state index in [1.54, 1.807) is 17.7 Å². The average molecular weight is 384 g/mol. The van der Waals surface area contributed by atoms with E-state index >= 15 is 0 Å². The topological polar surface area (TPSA) is 115 Å². The standard InChI is InChI=1S/C14H16N4O5S2/c1-16-10-6-5-9(18(20)21)8-12(10)24-14(16)15-13(19)11-4-3-7-17(11)25(2,22)23/h5-6,8,11H,3-4,7H2,1-2H3. The number of nitro benzene ring substituents is 1. The maximum absolute atomic E-state index is 12.5. The quantitative estimate of drug-likeness (QED) is 0.578. The smallest absolute Gasteiger partial charge is 0.270 e. The zero-order chi connectivity index (χ0) is 18.4. The molecule has 2 aromatic rings. The summed E-state index contributed by atoms with van der Waals surface area (Å²) < 4.78 is 27.0. The zero-order valence-corrected chi connectivity index (χ0v) is 15.2. The molecule has 1 aromatic heterocycles. The Morgan fingerprint density at radius 2 is 2.16 bits per heavy atom. The lowest BCUT2D eigenvalue weighted by Gasteiger charge is -2.18. The summed E-state index contributed by atoms with van der Waals surface area (Å²) in [4.78, 5) is 27.3. The number of thiazole rings is 1. The highest BCUT2D eigenvalue weighted by molar-refractivity contribution is 7.88. The molecule has 1 amide bonds. The second kappa shape index (κ2) is 6.32. The molecule has 0 saturated carbocycles. The van der Waals surface area contributed by atoms with E-state index in [1.165, 1.54) is 16.4 Å². The normalized spacial score (nSPS) is 19.6. The molecular formula is C14H16N4O5S2. The fourth-order valence-electron chi connectivity index (χ4n) is 2.90. The predicted octanol–water partition coefficient (Wildman–Crippen LogP) is 0.999. The number of nitrogens with zero attached hydrogens (tertiary/aromatic N) is 4. The van der Waals surface area contributed by atoms with E-state index in [1.807, 2.05) is 0 Å². The van der Waals surface area contributed by atoms with E-state index in [0.717, 1.165) is 17.6 Å². The van der Waals surface area contributed by atoms with Gasteiger partial charge in [0, 0.05) is 25.7 Å². The van der Waals surface area contributed by atoms with Crippen molar-refractivity contribution >= 4 is 43.2 Å². The molecular weight excluding hydrogens is 368 g/mol. The first-order chi connectivity index (χ1) is 11.7. The minimum atomic E-state index is -3.46. The van der Waals surface area contributed by atoms with Crippen LogP contribution in [0.15, 0.2) is 23.2 Å². The SMILES string of the molecule is Cn1c(=NC(=O)C2CCCN2S(C)(=O)=O)sc2cc([N+](=O)[O-])ccc21. The summed E-state index contributed by atoms with van der Waals surface area (Å²) in [5.74, 6) is -0.514. The molecule has 0 spiro atoms. The predicted molar refractivity (Wildman–Crippen MR) is 92.6 cm³/mol. The molecule has 134 valence electrons. The van der Waals surface area contributed by atoms with Crippen LogP contribution in [0.25, 0.3) is 10.2 Å². The molecule has 0 radical (unpaired) electrons. The van der Waals surface area contributed by atoms with Crippen LogP contribution in [0.1, 0.15) is 12.8 Å². The van der Waals surface area contributed by atoms with Crippen LogP contribution in [0.3, 0.4) is 0 Å². The number of sulfonamides is 1. The summed E-state index contributed by atoms with van der Waals surface area (Å²) >= 11 is 1.15. The molecule has 1 atom stereocenters. The lowest BCUT2D eigenvalue weighted by atomic mass is 10.2. The molecule has 11 heteroatoms. The molecule has 1 aliphatic heterocycles. The first-order valence-electron chi connectivity index (χ1n) is 7.48. The fourth-order valence-corrected chi connectivity index (χ4v) is 5.07. The third kappa shape index (κ3) is 3.34. The maximum atomic E-state index is 12.5. The third-order valence-electron chi connectivity index (χ3n) is 4.12. The van der Waals surface area contributed by atoms with Crippen LogP contribution in [0.2, 0.25) is 0 Å². The van der Waals surface area contributed by atoms with Crippen LogP contribution in [-0.2, 0) is 21.9 Å². The van der Waals surface area contributed by atoms with Gasteiger partial charge in [0.1, 0.15) is 6.04 Å². The Labute approximate surface area is 147 Å². The van der Waals surface area contributed by atoms with Crippen LogP contribution < -0.4 is 4.80 Å². The highest BCUT2D eigenvalue weighted by atomic mass is 32.2. The van der Waals surface area contributed by atoms with Gasteiger partial charge in [0.2, 0.25) is 10.0 Å². The molecule has 25 heavy (non-hydrogen) atoms. The molecule has 1 aromatic carbocycles. The van der Waals surface area contributed by atoms with E-state index in [4.69, 9.17) is 0 Å². The number of benzene rings is 1. The number of amides is 1. The number of rotatable bonds is 3. The van der Waals surface area contributed by atoms with Crippen molar-refractivity contribution < 1.29 is 18.1 Å². The van der Waals surface area contributed by atoms with Crippen LogP contribution in [0.5, 0.6) is 0 Å². The summed E-state index contributed by atoms with van der Waals surface area (Å²) in [6.45, 7) is 0.315. The van der Waals surface area contributed by atoms with Gasteiger partial charge in [-0.15, -0.1) is 0 Å². The first-order valence-corrected chi connectivity index (χ1v) is 10.1. The van der Waals surface area contributed by atoms with E-state index in [9.17, 15) is 23.3 Å². The van der Waals surface area contributed by atoms with E-state index < -0.39 is 26.9 Å². The molecule has 1 aliphatic rings. The van der Waals surface area contributed by atoms with Gasteiger partial charge in [-0.2, -0.15) is 9.30 Å². The van der Waals surface area contributed by atoms with Crippen LogP contribution in [-0.4, -0.2) is 47.0 Å². The minimum Gasteiger partial charge on any atom is -0.319 e. The number of aryl methyl sites for hydroxylation is 1. The molecule has 0 aliphatic carbocycles. The van der Waals surface area contributed by atoms with E-state index in [2.05, 4.69) is 4.99 Å². The lowest BCUT2D eigenvalue weighted by Crippen LogP contribution is -2.39. The van der Waals surface area contributed by atoms with Crippen molar-refractivity contribution in [2.24, 2.45) is 12.0 Å². The average Bonchev–Trinajstić information content (AvgIpc) is 3.12. The van der Waals surface area contributed by atoms with Crippen molar-refractivity contribution in [3.63, 3.8) is 0 Å². The molecule has 0 N–H and O–H groups in total. The summed E-state index contributed by atoms with van der Waals surface area (Å²) in [6, 6.07) is 3.64. The van der Waals surface area contributed by atoms with Gasteiger partial charge in [0.05, 0.1) is 21.4 Å². The van der Waals surface area contributed by atoms with Crippen molar-refractivity contribution in [3.8, 4) is 0 Å². The van der Waals surface area contributed by atoms with Gasteiger partial charge in [-0.1, -0.05) is 11.3 Å². The Balaban J connectivity index is 2.02. The molecule has 3 rings (SSSR count). The number of hydrogen-bond acceptors (Lipinski definition) is 6. The van der Waals surface area contributed by atoms with Crippen molar-refractivity contribution in [1.29, 1.82) is 0 Å². The van der Waals surface area contributed by atoms with E-state index in [0.29, 0.717) is 34.4 Å². The van der Waals surface area contributed by atoms with Gasteiger partial charge in [0.25, 0.3) is 11.6 Å². The first kappa shape index (κ1) is 17.7. The highest BCUT2D eigenvalue weighted by Gasteiger charge is 2.36. The Bertz CT molecular complexity index is 1040. The maximum Gasteiger partial charge on any atom is 0.270 e. The van der Waals surface area contributed by atoms with Crippen LogP contribution in [0.4, 0.5) is 5.69 Å². The van der Waals surface area contributed by atoms with Gasteiger partial charge in [-0.05, 0) is 18.9 Å². The molecule has 1 fully saturated rings. The van der Waals surface area contributed by atoms with Gasteiger partial charge in [-0.3, -0.25) is 14.9 Å². The van der Waals surface area contributed by atoms with Crippen LogP contribution >= 0.6 is 11.3 Å². The number of carbonyl (C=O) groups is 1. The number of aromatic nitrogens is 1. The summed E-state index contributed by atoms with van der Waals surface area (Å²) in [7, 11) is -1.76. The summed E-state index contributed by atoms with van der Waals surface area (Å²) in [5.41, 5.74) is 0.680. The molecule has 1 saturated heterocycles. The number of nitro groups is 1. The van der Waals surface area contributed by atoms with Crippen molar-refractivity contribution in [2.45, 2.75) is 18.9 Å². The number of hydrogen-bond donors (Lipinski definition) is 0. The largest absolute Gasteiger partial charge is 0.319 e. The second-order valence-electron chi connectivity index (χ2n) is 5.83. The Morgan fingerprint density at radius 3 is 2.80 bits per heavy atom. The molecule has 2 heterocycles. The van der Waals surface area contributed by atoms with Gasteiger partial charge in [0.15, 0.2) is 4.80 Å².